The number of rotatable bonds is 2. The van der Waals surface area contributed by atoms with Crippen molar-refractivity contribution in [3.8, 4) is 0 Å². The predicted molar refractivity (Wildman–Crippen MR) is 96.6 cm³/mol. The Morgan fingerprint density at radius 1 is 1.35 bits per heavy atom. The zero-order chi connectivity index (χ0) is 17.2. The first-order valence-corrected chi connectivity index (χ1v) is 8.92. The van der Waals surface area contributed by atoms with Crippen molar-refractivity contribution < 1.29 is 9.53 Å². The fourth-order valence-electron chi connectivity index (χ4n) is 2.72. The Morgan fingerprint density at radius 2 is 2.04 bits per heavy atom. The average Bonchev–Trinajstić information content (AvgIpc) is 2.41. The number of benzene rings is 1. The molecule has 0 N–H and O–H groups in total. The van der Waals surface area contributed by atoms with Crippen molar-refractivity contribution in [1.29, 1.82) is 0 Å². The third kappa shape index (κ3) is 5.21. The SMILES string of the molecule is Cc1ccc(CN2CCN(C(=O)OC(C)(C)C)CC2C)c(Br)c1. The lowest BCUT2D eigenvalue weighted by Crippen LogP contribution is -2.54. The molecule has 5 heteroatoms. The Labute approximate surface area is 147 Å². The second-order valence-electron chi connectivity index (χ2n) is 7.34. The maximum absolute atomic E-state index is 12.2. The highest BCUT2D eigenvalue weighted by molar-refractivity contribution is 9.10. The van der Waals surface area contributed by atoms with E-state index in [4.69, 9.17) is 4.74 Å². The summed E-state index contributed by atoms with van der Waals surface area (Å²) in [6.07, 6.45) is -0.208. The first-order chi connectivity index (χ1) is 10.7. The van der Waals surface area contributed by atoms with E-state index in [1.165, 1.54) is 11.1 Å². The second-order valence-corrected chi connectivity index (χ2v) is 8.20. The average molecular weight is 383 g/mol. The van der Waals surface area contributed by atoms with Crippen LogP contribution in [-0.2, 0) is 11.3 Å². The summed E-state index contributed by atoms with van der Waals surface area (Å²) in [5.74, 6) is 0. The van der Waals surface area contributed by atoms with E-state index in [2.05, 4.69) is 52.9 Å². The molecule has 4 nitrogen and oxygen atoms in total. The molecule has 1 aromatic carbocycles. The van der Waals surface area contributed by atoms with Gasteiger partial charge in [-0.2, -0.15) is 0 Å². The maximum atomic E-state index is 12.2. The van der Waals surface area contributed by atoms with Gasteiger partial charge in [-0.15, -0.1) is 0 Å². The molecule has 0 saturated carbocycles. The smallest absolute Gasteiger partial charge is 0.410 e. The van der Waals surface area contributed by atoms with Gasteiger partial charge in [0.15, 0.2) is 0 Å². The molecule has 0 bridgehead atoms. The summed E-state index contributed by atoms with van der Waals surface area (Å²) in [5, 5.41) is 0. The van der Waals surface area contributed by atoms with Crippen LogP contribution in [0.15, 0.2) is 22.7 Å². The first-order valence-electron chi connectivity index (χ1n) is 8.13. The van der Waals surface area contributed by atoms with Crippen LogP contribution in [0.5, 0.6) is 0 Å². The van der Waals surface area contributed by atoms with E-state index in [9.17, 15) is 4.79 Å². The number of amides is 1. The summed E-state index contributed by atoms with van der Waals surface area (Å²) < 4.78 is 6.62. The molecule has 1 fully saturated rings. The van der Waals surface area contributed by atoms with Crippen LogP contribution >= 0.6 is 15.9 Å². The van der Waals surface area contributed by atoms with E-state index in [-0.39, 0.29) is 6.09 Å². The molecule has 1 amide bonds. The van der Waals surface area contributed by atoms with Gasteiger partial charge in [-0.25, -0.2) is 4.79 Å². The minimum absolute atomic E-state index is 0.208. The van der Waals surface area contributed by atoms with Crippen LogP contribution < -0.4 is 0 Å². The highest BCUT2D eigenvalue weighted by Crippen LogP contribution is 2.22. The molecule has 0 aromatic heterocycles. The fourth-order valence-corrected chi connectivity index (χ4v) is 3.34. The molecule has 1 unspecified atom stereocenters. The van der Waals surface area contributed by atoms with Crippen LogP contribution in [0.4, 0.5) is 4.79 Å². The third-order valence-electron chi connectivity index (χ3n) is 4.00. The van der Waals surface area contributed by atoms with Crippen LogP contribution in [-0.4, -0.2) is 47.2 Å². The van der Waals surface area contributed by atoms with Gasteiger partial charge < -0.3 is 9.64 Å². The number of aryl methyl sites for hydroxylation is 1. The summed E-state index contributed by atoms with van der Waals surface area (Å²) in [7, 11) is 0. The minimum Gasteiger partial charge on any atom is -0.444 e. The number of piperazine rings is 1. The molecule has 128 valence electrons. The number of nitrogens with zero attached hydrogens (tertiary/aromatic N) is 2. The number of halogens is 1. The van der Waals surface area contributed by atoms with E-state index in [0.717, 1.165) is 17.6 Å². The minimum atomic E-state index is -0.440. The molecule has 1 saturated heterocycles. The van der Waals surface area contributed by atoms with Crippen LogP contribution in [0.1, 0.15) is 38.8 Å². The number of hydrogen-bond donors (Lipinski definition) is 0. The van der Waals surface area contributed by atoms with Crippen LogP contribution in [0.3, 0.4) is 0 Å². The van der Waals surface area contributed by atoms with Gasteiger partial charge >= 0.3 is 6.09 Å². The van der Waals surface area contributed by atoms with Gasteiger partial charge in [0, 0.05) is 36.7 Å². The standard InChI is InChI=1S/C18H27BrN2O2/c1-13-6-7-15(16(19)10-13)12-20-8-9-21(11-14(20)2)17(22)23-18(3,4)5/h6-7,10,14H,8-9,11-12H2,1-5H3. The fraction of sp³-hybridized carbons (Fsp3) is 0.611. The van der Waals surface area contributed by atoms with Crippen LogP contribution in [0.25, 0.3) is 0 Å². The Morgan fingerprint density at radius 3 is 2.61 bits per heavy atom. The monoisotopic (exact) mass is 382 g/mol. The van der Waals surface area contributed by atoms with Crippen LogP contribution in [0.2, 0.25) is 0 Å². The molecule has 1 aliphatic rings. The number of hydrogen-bond acceptors (Lipinski definition) is 3. The van der Waals surface area contributed by atoms with Gasteiger partial charge in [0.2, 0.25) is 0 Å². The maximum Gasteiger partial charge on any atom is 0.410 e. The van der Waals surface area contributed by atoms with Gasteiger partial charge in [0.25, 0.3) is 0 Å². The van der Waals surface area contributed by atoms with Crippen molar-refractivity contribution >= 4 is 22.0 Å². The normalized spacial score (nSPS) is 19.7. The van der Waals surface area contributed by atoms with Crippen molar-refractivity contribution in [1.82, 2.24) is 9.80 Å². The molecule has 2 rings (SSSR count). The first kappa shape index (κ1) is 18.3. The summed E-state index contributed by atoms with van der Waals surface area (Å²) in [6.45, 7) is 13.1. The Balaban J connectivity index is 1.95. The molecule has 23 heavy (non-hydrogen) atoms. The van der Waals surface area contributed by atoms with Gasteiger partial charge in [0.1, 0.15) is 5.60 Å². The Bertz CT molecular complexity index is 569. The quantitative estimate of drug-likeness (QED) is 0.768. The highest BCUT2D eigenvalue weighted by Gasteiger charge is 2.29. The van der Waals surface area contributed by atoms with E-state index >= 15 is 0 Å². The molecule has 1 aromatic rings. The Hall–Kier alpha value is -1.07. The van der Waals surface area contributed by atoms with E-state index in [1.807, 2.05) is 25.7 Å². The van der Waals surface area contributed by atoms with Crippen LogP contribution in [0, 0.1) is 6.92 Å². The van der Waals surface area contributed by atoms with Crippen molar-refractivity contribution in [2.75, 3.05) is 19.6 Å². The largest absolute Gasteiger partial charge is 0.444 e. The van der Waals surface area contributed by atoms with Gasteiger partial charge in [0.05, 0.1) is 0 Å². The molecule has 0 radical (unpaired) electrons. The van der Waals surface area contributed by atoms with Gasteiger partial charge in [-0.05, 0) is 51.8 Å². The summed E-state index contributed by atoms with van der Waals surface area (Å²) in [6, 6.07) is 6.77. The second kappa shape index (κ2) is 7.22. The van der Waals surface area contributed by atoms with Crippen molar-refractivity contribution in [3.63, 3.8) is 0 Å². The molecule has 0 aliphatic carbocycles. The number of carbonyl (C=O) groups excluding carboxylic acids is 1. The zero-order valence-electron chi connectivity index (χ0n) is 14.7. The van der Waals surface area contributed by atoms with Crippen molar-refractivity contribution in [3.05, 3.63) is 33.8 Å². The number of ether oxygens (including phenoxy) is 1. The molecule has 1 aliphatic heterocycles. The van der Waals surface area contributed by atoms with E-state index in [0.29, 0.717) is 19.1 Å². The molecular weight excluding hydrogens is 356 g/mol. The lowest BCUT2D eigenvalue weighted by molar-refractivity contribution is 0.00458. The van der Waals surface area contributed by atoms with E-state index < -0.39 is 5.60 Å². The molecule has 1 atom stereocenters. The van der Waals surface area contributed by atoms with Crippen molar-refractivity contribution in [2.45, 2.75) is 52.8 Å². The highest BCUT2D eigenvalue weighted by atomic mass is 79.9. The lowest BCUT2D eigenvalue weighted by Gasteiger charge is -2.40. The summed E-state index contributed by atoms with van der Waals surface area (Å²) >= 11 is 3.65. The van der Waals surface area contributed by atoms with Gasteiger partial charge in [-0.1, -0.05) is 28.1 Å². The topological polar surface area (TPSA) is 32.8 Å². The molecule has 0 spiro atoms. The molecular formula is C18H27BrN2O2. The summed E-state index contributed by atoms with van der Waals surface area (Å²) in [5.41, 5.74) is 2.10. The third-order valence-corrected chi connectivity index (χ3v) is 4.74. The molecule has 1 heterocycles. The van der Waals surface area contributed by atoms with Gasteiger partial charge in [-0.3, -0.25) is 4.90 Å². The van der Waals surface area contributed by atoms with Crippen molar-refractivity contribution in [2.24, 2.45) is 0 Å². The summed E-state index contributed by atoms with van der Waals surface area (Å²) in [4.78, 5) is 16.4. The predicted octanol–water partition coefficient (Wildman–Crippen LogP) is 4.20. The lowest BCUT2D eigenvalue weighted by atomic mass is 10.1. The van der Waals surface area contributed by atoms with E-state index in [1.54, 1.807) is 0 Å². The zero-order valence-corrected chi connectivity index (χ0v) is 16.3. The Kier molecular flexibility index (Phi) is 5.74. The number of carbonyl (C=O) groups is 1.